The Hall–Kier alpha value is -2.57. The highest BCUT2D eigenvalue weighted by atomic mass is 35.5. The number of nitrogens with one attached hydrogen (secondary N) is 1. The van der Waals surface area contributed by atoms with E-state index in [2.05, 4.69) is 51.0 Å². The van der Waals surface area contributed by atoms with Crippen molar-refractivity contribution in [3.8, 4) is 11.3 Å². The van der Waals surface area contributed by atoms with E-state index in [1.54, 1.807) is 11.8 Å². The van der Waals surface area contributed by atoms with E-state index in [0.717, 1.165) is 23.9 Å². The van der Waals surface area contributed by atoms with Gasteiger partial charge in [0.25, 0.3) is 5.71 Å². The van der Waals surface area contributed by atoms with Gasteiger partial charge in [-0.05, 0) is 42.5 Å². The Morgan fingerprint density at radius 3 is 2.56 bits per heavy atom. The maximum Gasteiger partial charge on any atom is 0.263 e. The molecule has 2 aromatic heterocycles. The van der Waals surface area contributed by atoms with Crippen LogP contribution < -0.4 is 5.32 Å². The molecule has 0 aliphatic rings. The van der Waals surface area contributed by atoms with Crippen molar-refractivity contribution < 1.29 is 4.52 Å². The molecular weight excluding hydrogens is 380 g/mol. The summed E-state index contributed by atoms with van der Waals surface area (Å²) in [5.74, 6) is 0.715. The van der Waals surface area contributed by atoms with Crippen LogP contribution in [0, 0.1) is 0 Å². The zero-order chi connectivity index (χ0) is 18.6. The number of thioether (sulfide) groups is 1. The zero-order valence-corrected chi connectivity index (χ0v) is 16.2. The number of hydrogen-bond donors (Lipinski definition) is 1. The number of nitrogens with zero attached hydrogens (tertiary/aromatic N) is 3. The highest BCUT2D eigenvalue weighted by Crippen LogP contribution is 2.31. The normalized spacial score (nSPS) is 11.0. The van der Waals surface area contributed by atoms with Crippen LogP contribution in [-0.4, -0.2) is 27.9 Å². The van der Waals surface area contributed by atoms with Gasteiger partial charge in [0.2, 0.25) is 0 Å². The molecule has 0 atom stereocenters. The Kier molecular flexibility index (Phi) is 5.27. The first kappa shape index (κ1) is 17.8. The Labute approximate surface area is 166 Å². The molecule has 0 amide bonds. The molecule has 0 aliphatic heterocycles. The highest BCUT2D eigenvalue weighted by molar-refractivity contribution is 7.98. The topological polar surface area (TPSA) is 63.8 Å². The third-order valence-electron chi connectivity index (χ3n) is 4.26. The monoisotopic (exact) mass is 396 g/mol. The molecule has 136 valence electrons. The average molecular weight is 397 g/mol. The molecule has 0 unspecified atom stereocenters. The van der Waals surface area contributed by atoms with E-state index in [4.69, 9.17) is 16.1 Å². The molecule has 4 rings (SSSR count). The van der Waals surface area contributed by atoms with Gasteiger partial charge in [-0.25, -0.2) is 4.98 Å². The first-order valence-corrected chi connectivity index (χ1v) is 10.1. The van der Waals surface area contributed by atoms with Crippen molar-refractivity contribution in [3.63, 3.8) is 0 Å². The van der Waals surface area contributed by atoms with E-state index in [9.17, 15) is 0 Å². The van der Waals surface area contributed by atoms with Gasteiger partial charge in [0, 0.05) is 22.0 Å². The van der Waals surface area contributed by atoms with Gasteiger partial charge in [-0.2, -0.15) is 4.98 Å². The van der Waals surface area contributed by atoms with Gasteiger partial charge in [0.15, 0.2) is 0 Å². The SMILES string of the molecule is CSc1ccc(CCNc2ncnc3onc(-c4ccc(Cl)cc4)c23)cc1. The quantitative estimate of drug-likeness (QED) is 0.445. The molecule has 0 radical (unpaired) electrons. The van der Waals surface area contributed by atoms with Gasteiger partial charge < -0.3 is 9.84 Å². The molecule has 5 nitrogen and oxygen atoms in total. The molecule has 0 bridgehead atoms. The minimum atomic E-state index is 0.460. The number of hydrogen-bond acceptors (Lipinski definition) is 6. The van der Waals surface area contributed by atoms with Crippen LogP contribution in [0.15, 0.2) is 64.3 Å². The Morgan fingerprint density at radius 2 is 1.81 bits per heavy atom. The summed E-state index contributed by atoms with van der Waals surface area (Å²) in [6.45, 7) is 0.746. The maximum atomic E-state index is 5.99. The van der Waals surface area contributed by atoms with Crippen molar-refractivity contribution in [1.82, 2.24) is 15.1 Å². The predicted octanol–water partition coefficient (Wildman–Crippen LogP) is 5.31. The fourth-order valence-electron chi connectivity index (χ4n) is 2.84. The van der Waals surface area contributed by atoms with Crippen LogP contribution >= 0.6 is 23.4 Å². The lowest BCUT2D eigenvalue weighted by Crippen LogP contribution is -2.07. The Balaban J connectivity index is 1.56. The minimum Gasteiger partial charge on any atom is -0.369 e. The van der Waals surface area contributed by atoms with Crippen LogP contribution in [0.1, 0.15) is 5.56 Å². The van der Waals surface area contributed by atoms with Crippen molar-refractivity contribution in [3.05, 3.63) is 65.4 Å². The molecule has 1 N–H and O–H groups in total. The lowest BCUT2D eigenvalue weighted by molar-refractivity contribution is 0.451. The van der Waals surface area contributed by atoms with Gasteiger partial charge >= 0.3 is 0 Å². The molecule has 0 saturated heterocycles. The number of halogens is 1. The summed E-state index contributed by atoms with van der Waals surface area (Å²) in [5.41, 5.74) is 3.34. The summed E-state index contributed by atoms with van der Waals surface area (Å²) in [6, 6.07) is 16.1. The first-order chi connectivity index (χ1) is 13.2. The first-order valence-electron chi connectivity index (χ1n) is 8.48. The van der Waals surface area contributed by atoms with Crippen molar-refractivity contribution in [2.45, 2.75) is 11.3 Å². The fourth-order valence-corrected chi connectivity index (χ4v) is 3.38. The smallest absolute Gasteiger partial charge is 0.263 e. The van der Waals surface area contributed by atoms with Crippen LogP contribution in [-0.2, 0) is 6.42 Å². The summed E-state index contributed by atoms with van der Waals surface area (Å²) in [4.78, 5) is 9.84. The van der Waals surface area contributed by atoms with Crippen LogP contribution in [0.25, 0.3) is 22.4 Å². The molecule has 0 aliphatic carbocycles. The second-order valence-electron chi connectivity index (χ2n) is 5.97. The minimum absolute atomic E-state index is 0.460. The van der Waals surface area contributed by atoms with E-state index in [0.29, 0.717) is 22.2 Å². The Bertz CT molecular complexity index is 1050. The second-order valence-corrected chi connectivity index (χ2v) is 7.28. The van der Waals surface area contributed by atoms with Gasteiger partial charge in [-0.1, -0.05) is 41.0 Å². The number of rotatable bonds is 6. The lowest BCUT2D eigenvalue weighted by Gasteiger charge is -2.07. The molecule has 0 spiro atoms. The molecule has 7 heteroatoms. The molecule has 0 fully saturated rings. The fraction of sp³-hybridized carbons (Fsp3) is 0.150. The van der Waals surface area contributed by atoms with Crippen LogP contribution in [0.3, 0.4) is 0 Å². The van der Waals surface area contributed by atoms with Gasteiger partial charge in [0.05, 0.1) is 0 Å². The zero-order valence-electron chi connectivity index (χ0n) is 14.6. The van der Waals surface area contributed by atoms with Crippen molar-refractivity contribution in [1.29, 1.82) is 0 Å². The van der Waals surface area contributed by atoms with Crippen molar-refractivity contribution >= 4 is 40.3 Å². The number of aromatic nitrogens is 3. The molecule has 27 heavy (non-hydrogen) atoms. The number of benzene rings is 2. The summed E-state index contributed by atoms with van der Waals surface area (Å²) < 4.78 is 5.39. The summed E-state index contributed by atoms with van der Waals surface area (Å²) in [7, 11) is 0. The summed E-state index contributed by atoms with van der Waals surface area (Å²) in [6.07, 6.45) is 4.45. The summed E-state index contributed by atoms with van der Waals surface area (Å²) in [5, 5.41) is 9.02. The molecule has 4 aromatic rings. The molecule has 2 aromatic carbocycles. The molecule has 2 heterocycles. The van der Waals surface area contributed by atoms with E-state index in [1.807, 2.05) is 24.3 Å². The maximum absolute atomic E-state index is 5.99. The molecule has 0 saturated carbocycles. The van der Waals surface area contributed by atoms with E-state index >= 15 is 0 Å². The van der Waals surface area contributed by atoms with E-state index < -0.39 is 0 Å². The third kappa shape index (κ3) is 3.91. The second kappa shape index (κ2) is 7.98. The summed E-state index contributed by atoms with van der Waals surface area (Å²) >= 11 is 7.73. The van der Waals surface area contributed by atoms with Gasteiger partial charge in [-0.15, -0.1) is 11.8 Å². The van der Waals surface area contributed by atoms with E-state index in [-0.39, 0.29) is 0 Å². The van der Waals surface area contributed by atoms with Gasteiger partial charge in [0.1, 0.15) is 23.2 Å². The number of fused-ring (bicyclic) bond motifs is 1. The molecular formula is C20H17ClN4OS. The standard InChI is InChI=1S/C20H17ClN4OS/c1-27-16-8-2-13(3-9-16)10-11-22-19-17-18(14-4-6-15(21)7-5-14)25-26-20(17)24-12-23-19/h2-9,12H,10-11H2,1H3,(H,22,23,24). The van der Waals surface area contributed by atoms with Crippen LogP contribution in [0.5, 0.6) is 0 Å². The van der Waals surface area contributed by atoms with Crippen LogP contribution in [0.4, 0.5) is 5.82 Å². The Morgan fingerprint density at radius 1 is 1.04 bits per heavy atom. The predicted molar refractivity (Wildman–Crippen MR) is 110 cm³/mol. The van der Waals surface area contributed by atoms with Gasteiger partial charge in [-0.3, -0.25) is 0 Å². The third-order valence-corrected chi connectivity index (χ3v) is 5.25. The lowest BCUT2D eigenvalue weighted by atomic mass is 10.1. The highest BCUT2D eigenvalue weighted by Gasteiger charge is 2.16. The average Bonchev–Trinajstić information content (AvgIpc) is 3.14. The number of anilines is 1. The van der Waals surface area contributed by atoms with Crippen molar-refractivity contribution in [2.24, 2.45) is 0 Å². The largest absolute Gasteiger partial charge is 0.369 e. The van der Waals surface area contributed by atoms with E-state index in [1.165, 1.54) is 16.8 Å². The van der Waals surface area contributed by atoms with Crippen LogP contribution in [0.2, 0.25) is 5.02 Å². The van der Waals surface area contributed by atoms with Crippen molar-refractivity contribution in [2.75, 3.05) is 18.1 Å².